The molecule has 21 heavy (non-hydrogen) atoms. The van der Waals surface area contributed by atoms with E-state index in [1.807, 2.05) is 0 Å². The minimum Gasteiger partial charge on any atom is -0.381 e. The number of nitrogens with one attached hydrogen (secondary N) is 1. The van der Waals surface area contributed by atoms with Gasteiger partial charge in [0.1, 0.15) is 5.82 Å². The number of hydrogen-bond acceptors (Lipinski definition) is 4. The van der Waals surface area contributed by atoms with Crippen LogP contribution in [0.5, 0.6) is 0 Å². The highest BCUT2D eigenvalue weighted by Crippen LogP contribution is 2.22. The molecular formula is C13H17FN2O4S. The van der Waals surface area contributed by atoms with Crippen LogP contribution in [0.15, 0.2) is 23.1 Å². The van der Waals surface area contributed by atoms with E-state index < -0.39 is 21.7 Å². The molecule has 1 aliphatic rings. The van der Waals surface area contributed by atoms with Gasteiger partial charge in [0, 0.05) is 13.2 Å². The lowest BCUT2D eigenvalue weighted by atomic mass is 10.1. The molecule has 1 amide bonds. The number of rotatable bonds is 4. The summed E-state index contributed by atoms with van der Waals surface area (Å²) in [6, 6.07) is 2.91. The Morgan fingerprint density at radius 3 is 2.67 bits per heavy atom. The third-order valence-electron chi connectivity index (χ3n) is 3.57. The lowest BCUT2D eigenvalue weighted by Crippen LogP contribution is -2.34. The summed E-state index contributed by atoms with van der Waals surface area (Å²) >= 11 is 0. The molecule has 2 rings (SSSR count). The van der Waals surface area contributed by atoms with E-state index in [1.54, 1.807) is 7.11 Å². The van der Waals surface area contributed by atoms with Gasteiger partial charge in [-0.25, -0.2) is 17.9 Å². The van der Waals surface area contributed by atoms with E-state index >= 15 is 0 Å². The summed E-state index contributed by atoms with van der Waals surface area (Å²) in [5.41, 5.74) is -0.205. The van der Waals surface area contributed by atoms with Gasteiger partial charge in [0.15, 0.2) is 0 Å². The van der Waals surface area contributed by atoms with Crippen molar-refractivity contribution in [2.45, 2.75) is 36.3 Å². The first kappa shape index (κ1) is 15.9. The Morgan fingerprint density at radius 1 is 1.43 bits per heavy atom. The molecule has 8 heteroatoms. The number of sulfonamides is 1. The Morgan fingerprint density at radius 2 is 2.14 bits per heavy atom. The van der Waals surface area contributed by atoms with Gasteiger partial charge in [-0.15, -0.1) is 0 Å². The molecule has 0 heterocycles. The molecule has 6 nitrogen and oxygen atoms in total. The molecule has 3 N–H and O–H groups in total. The molecule has 0 radical (unpaired) electrons. The number of hydrogen-bond donors (Lipinski definition) is 2. The van der Waals surface area contributed by atoms with Gasteiger partial charge < -0.3 is 10.1 Å². The lowest BCUT2D eigenvalue weighted by Gasteiger charge is -2.13. The zero-order chi connectivity index (χ0) is 15.6. The maximum Gasteiger partial charge on any atom is 0.254 e. The second-order valence-electron chi connectivity index (χ2n) is 5.03. The summed E-state index contributed by atoms with van der Waals surface area (Å²) in [4.78, 5) is 11.6. The predicted octanol–water partition coefficient (Wildman–Crippen LogP) is 0.770. The molecule has 2 unspecified atom stereocenters. The number of carbonyl (C=O) groups is 1. The number of benzene rings is 1. The SMILES string of the molecule is COC1CCC(NC(=O)c2ccc(S(N)(=O)=O)cc2F)C1. The van der Waals surface area contributed by atoms with E-state index in [-0.39, 0.29) is 22.6 Å². The van der Waals surface area contributed by atoms with Gasteiger partial charge in [0.2, 0.25) is 10.0 Å². The van der Waals surface area contributed by atoms with E-state index in [2.05, 4.69) is 5.32 Å². The van der Waals surface area contributed by atoms with Crippen LogP contribution in [0.2, 0.25) is 0 Å². The summed E-state index contributed by atoms with van der Waals surface area (Å²) in [6.07, 6.45) is 2.39. The second-order valence-corrected chi connectivity index (χ2v) is 6.59. The summed E-state index contributed by atoms with van der Waals surface area (Å²) in [7, 11) is -2.38. The van der Waals surface area contributed by atoms with Crippen molar-refractivity contribution in [3.05, 3.63) is 29.6 Å². The summed E-state index contributed by atoms with van der Waals surface area (Å²) in [6.45, 7) is 0. The first-order chi connectivity index (χ1) is 9.81. The summed E-state index contributed by atoms with van der Waals surface area (Å²) < 4.78 is 41.3. The van der Waals surface area contributed by atoms with Crippen molar-refractivity contribution in [3.63, 3.8) is 0 Å². The van der Waals surface area contributed by atoms with Crippen LogP contribution in [-0.4, -0.2) is 33.6 Å². The molecular weight excluding hydrogens is 299 g/mol. The van der Waals surface area contributed by atoms with Crippen LogP contribution in [0, 0.1) is 5.82 Å². The molecule has 1 aromatic carbocycles. The maximum absolute atomic E-state index is 13.8. The van der Waals surface area contributed by atoms with Crippen molar-refractivity contribution in [3.8, 4) is 0 Å². The highest BCUT2D eigenvalue weighted by atomic mass is 32.2. The van der Waals surface area contributed by atoms with E-state index in [1.165, 1.54) is 0 Å². The maximum atomic E-state index is 13.8. The number of ether oxygens (including phenoxy) is 1. The Bertz CT molecular complexity index is 648. The fourth-order valence-corrected chi connectivity index (χ4v) is 2.93. The fourth-order valence-electron chi connectivity index (χ4n) is 2.41. The van der Waals surface area contributed by atoms with Crippen LogP contribution in [0.3, 0.4) is 0 Å². The van der Waals surface area contributed by atoms with Gasteiger partial charge in [-0.05, 0) is 37.5 Å². The number of methoxy groups -OCH3 is 1. The minimum atomic E-state index is -3.99. The van der Waals surface area contributed by atoms with Gasteiger partial charge in [0.05, 0.1) is 16.6 Å². The van der Waals surface area contributed by atoms with Crippen molar-refractivity contribution >= 4 is 15.9 Å². The zero-order valence-electron chi connectivity index (χ0n) is 11.5. The van der Waals surface area contributed by atoms with Crippen LogP contribution in [0.25, 0.3) is 0 Å². The van der Waals surface area contributed by atoms with E-state index in [4.69, 9.17) is 9.88 Å². The van der Waals surface area contributed by atoms with Gasteiger partial charge >= 0.3 is 0 Å². The van der Waals surface area contributed by atoms with Gasteiger partial charge in [-0.3, -0.25) is 4.79 Å². The van der Waals surface area contributed by atoms with Crippen molar-refractivity contribution in [1.82, 2.24) is 5.32 Å². The monoisotopic (exact) mass is 316 g/mol. The molecule has 1 fully saturated rings. The third-order valence-corrected chi connectivity index (χ3v) is 4.48. The van der Waals surface area contributed by atoms with Crippen LogP contribution in [-0.2, 0) is 14.8 Å². The lowest BCUT2D eigenvalue weighted by molar-refractivity contribution is 0.0911. The topological polar surface area (TPSA) is 98.5 Å². The van der Waals surface area contributed by atoms with E-state index in [0.717, 1.165) is 31.0 Å². The van der Waals surface area contributed by atoms with E-state index in [9.17, 15) is 17.6 Å². The molecule has 0 bridgehead atoms. The third kappa shape index (κ3) is 3.78. The molecule has 1 saturated carbocycles. The molecule has 0 aliphatic heterocycles. The first-order valence-electron chi connectivity index (χ1n) is 6.47. The van der Waals surface area contributed by atoms with Crippen LogP contribution < -0.4 is 10.5 Å². The Hall–Kier alpha value is -1.51. The number of nitrogens with two attached hydrogens (primary N) is 1. The standard InChI is InChI=1S/C13H17FN2O4S/c1-20-9-3-2-8(6-9)16-13(17)11-5-4-10(7-12(11)14)21(15,18)19/h4-5,7-9H,2-3,6H2,1H3,(H,16,17)(H2,15,18,19). The molecule has 116 valence electrons. The van der Waals surface area contributed by atoms with Gasteiger partial charge in [-0.2, -0.15) is 0 Å². The first-order valence-corrected chi connectivity index (χ1v) is 8.02. The van der Waals surface area contributed by atoms with Crippen LogP contribution >= 0.6 is 0 Å². The second kappa shape index (κ2) is 6.08. The van der Waals surface area contributed by atoms with Gasteiger partial charge in [0.25, 0.3) is 5.91 Å². The largest absolute Gasteiger partial charge is 0.381 e. The molecule has 0 spiro atoms. The predicted molar refractivity (Wildman–Crippen MR) is 73.7 cm³/mol. The molecule has 1 aliphatic carbocycles. The number of carbonyl (C=O) groups excluding carboxylic acids is 1. The highest BCUT2D eigenvalue weighted by molar-refractivity contribution is 7.89. The Labute approximate surface area is 122 Å². The van der Waals surface area contributed by atoms with Crippen molar-refractivity contribution in [2.24, 2.45) is 5.14 Å². The number of halogens is 1. The molecule has 2 atom stereocenters. The minimum absolute atomic E-state index is 0.0697. The van der Waals surface area contributed by atoms with Crippen molar-refractivity contribution in [1.29, 1.82) is 0 Å². The number of amides is 1. The van der Waals surface area contributed by atoms with Crippen molar-refractivity contribution in [2.75, 3.05) is 7.11 Å². The molecule has 0 aromatic heterocycles. The zero-order valence-corrected chi connectivity index (χ0v) is 12.3. The van der Waals surface area contributed by atoms with Crippen LogP contribution in [0.1, 0.15) is 29.6 Å². The summed E-state index contributed by atoms with van der Waals surface area (Å²) in [5, 5.41) is 7.62. The average Bonchev–Trinajstić information content (AvgIpc) is 2.85. The van der Waals surface area contributed by atoms with E-state index in [0.29, 0.717) is 6.42 Å². The number of primary sulfonamides is 1. The molecule has 1 aromatic rings. The highest BCUT2D eigenvalue weighted by Gasteiger charge is 2.26. The summed E-state index contributed by atoms with van der Waals surface area (Å²) in [5.74, 6) is -1.49. The van der Waals surface area contributed by atoms with Gasteiger partial charge in [-0.1, -0.05) is 0 Å². The Kier molecular flexibility index (Phi) is 4.60. The van der Waals surface area contributed by atoms with Crippen LogP contribution in [0.4, 0.5) is 4.39 Å². The van der Waals surface area contributed by atoms with Crippen molar-refractivity contribution < 1.29 is 22.3 Å². The Balaban J connectivity index is 2.10. The quantitative estimate of drug-likeness (QED) is 0.857. The average molecular weight is 316 g/mol. The molecule has 0 saturated heterocycles. The fraction of sp³-hybridized carbons (Fsp3) is 0.462. The smallest absolute Gasteiger partial charge is 0.254 e. The normalized spacial score (nSPS) is 22.2.